The number of halogens is 1. The molecule has 4 nitrogen and oxygen atoms in total. The quantitative estimate of drug-likeness (QED) is 0.462. The number of rotatable bonds is 5. The monoisotopic (exact) mass is 237 g/mol. The standard InChI is InChI=1S/C12H16FN3O/c1-3-6-15-12(14)16-8-9-7-10(13)4-5-11(9)17-2/h3-5,7H,1,6,8H2,2H3,(H3,14,15,16). The first-order valence-corrected chi connectivity index (χ1v) is 5.14. The van der Waals surface area contributed by atoms with Gasteiger partial charge in [-0.3, -0.25) is 0 Å². The molecular weight excluding hydrogens is 221 g/mol. The summed E-state index contributed by atoms with van der Waals surface area (Å²) in [7, 11) is 1.53. The minimum absolute atomic E-state index is 0.261. The third-order valence-electron chi connectivity index (χ3n) is 2.09. The molecule has 1 aromatic rings. The Bertz CT molecular complexity index is 418. The Morgan fingerprint density at radius 3 is 3.06 bits per heavy atom. The smallest absolute Gasteiger partial charge is 0.189 e. The number of benzene rings is 1. The number of hydrogen-bond acceptors (Lipinski definition) is 2. The largest absolute Gasteiger partial charge is 0.496 e. The summed E-state index contributed by atoms with van der Waals surface area (Å²) < 4.78 is 18.1. The van der Waals surface area contributed by atoms with E-state index in [1.165, 1.54) is 19.2 Å². The molecule has 1 rings (SSSR count). The van der Waals surface area contributed by atoms with Crippen LogP contribution in [0.25, 0.3) is 0 Å². The first-order chi connectivity index (χ1) is 8.17. The minimum Gasteiger partial charge on any atom is -0.496 e. The van der Waals surface area contributed by atoms with Gasteiger partial charge in [-0.05, 0) is 18.2 Å². The molecule has 1 aromatic carbocycles. The minimum atomic E-state index is -0.325. The molecule has 0 saturated carbocycles. The maximum absolute atomic E-state index is 13.0. The first kappa shape index (κ1) is 13.0. The maximum atomic E-state index is 13.0. The van der Waals surface area contributed by atoms with Crippen molar-refractivity contribution in [2.24, 2.45) is 10.7 Å². The Hall–Kier alpha value is -2.04. The van der Waals surface area contributed by atoms with Gasteiger partial charge in [0.2, 0.25) is 0 Å². The van der Waals surface area contributed by atoms with Crippen molar-refractivity contribution in [1.29, 1.82) is 0 Å². The molecule has 17 heavy (non-hydrogen) atoms. The van der Waals surface area contributed by atoms with Crippen molar-refractivity contribution in [1.82, 2.24) is 5.32 Å². The Balaban J connectivity index is 2.73. The molecule has 0 aliphatic heterocycles. The van der Waals surface area contributed by atoms with Crippen LogP contribution in [-0.4, -0.2) is 19.6 Å². The fourth-order valence-electron chi connectivity index (χ4n) is 1.27. The van der Waals surface area contributed by atoms with E-state index in [9.17, 15) is 4.39 Å². The zero-order valence-electron chi connectivity index (χ0n) is 9.74. The number of nitrogens with two attached hydrogens (primary N) is 1. The number of nitrogens with one attached hydrogen (secondary N) is 1. The predicted octanol–water partition coefficient (Wildman–Crippen LogP) is 1.42. The molecule has 0 fully saturated rings. The SMILES string of the molecule is C=CCNC(N)=NCc1cc(F)ccc1OC. The Labute approximate surface area is 100.0 Å². The van der Waals surface area contributed by atoms with Crippen LogP contribution < -0.4 is 15.8 Å². The second-order valence-electron chi connectivity index (χ2n) is 3.33. The molecule has 0 radical (unpaired) electrons. The molecule has 0 unspecified atom stereocenters. The van der Waals surface area contributed by atoms with Crippen molar-refractivity contribution in [3.05, 3.63) is 42.2 Å². The summed E-state index contributed by atoms with van der Waals surface area (Å²) in [4.78, 5) is 4.07. The van der Waals surface area contributed by atoms with E-state index < -0.39 is 0 Å². The van der Waals surface area contributed by atoms with Crippen LogP contribution in [0.4, 0.5) is 4.39 Å². The Morgan fingerprint density at radius 2 is 2.41 bits per heavy atom. The molecule has 0 amide bonds. The highest BCUT2D eigenvalue weighted by Crippen LogP contribution is 2.19. The molecule has 5 heteroatoms. The van der Waals surface area contributed by atoms with E-state index in [4.69, 9.17) is 10.5 Å². The molecule has 0 bridgehead atoms. The van der Waals surface area contributed by atoms with Crippen LogP contribution in [-0.2, 0) is 6.54 Å². The van der Waals surface area contributed by atoms with Gasteiger partial charge in [-0.2, -0.15) is 0 Å². The van der Waals surface area contributed by atoms with Crippen LogP contribution in [0.1, 0.15) is 5.56 Å². The fraction of sp³-hybridized carbons (Fsp3) is 0.250. The topological polar surface area (TPSA) is 59.6 Å². The van der Waals surface area contributed by atoms with Crippen molar-refractivity contribution >= 4 is 5.96 Å². The highest BCUT2D eigenvalue weighted by molar-refractivity contribution is 5.77. The summed E-state index contributed by atoms with van der Waals surface area (Å²) >= 11 is 0. The van der Waals surface area contributed by atoms with Crippen molar-refractivity contribution in [2.45, 2.75) is 6.54 Å². The molecule has 0 aromatic heterocycles. The van der Waals surface area contributed by atoms with Gasteiger partial charge >= 0.3 is 0 Å². The van der Waals surface area contributed by atoms with Crippen LogP contribution in [0.2, 0.25) is 0 Å². The van der Waals surface area contributed by atoms with Gasteiger partial charge in [-0.15, -0.1) is 6.58 Å². The average molecular weight is 237 g/mol. The van der Waals surface area contributed by atoms with Gasteiger partial charge in [0.1, 0.15) is 11.6 Å². The molecule has 92 valence electrons. The second kappa shape index (κ2) is 6.52. The summed E-state index contributed by atoms with van der Waals surface area (Å²) in [5.41, 5.74) is 6.24. The van der Waals surface area contributed by atoms with E-state index in [0.29, 0.717) is 17.9 Å². The molecule has 0 spiro atoms. The van der Waals surface area contributed by atoms with E-state index in [-0.39, 0.29) is 18.3 Å². The summed E-state index contributed by atoms with van der Waals surface area (Å²) in [6.45, 7) is 4.35. The molecule has 0 saturated heterocycles. The van der Waals surface area contributed by atoms with Crippen LogP contribution >= 0.6 is 0 Å². The third kappa shape index (κ3) is 4.14. The lowest BCUT2D eigenvalue weighted by atomic mass is 10.2. The first-order valence-electron chi connectivity index (χ1n) is 5.14. The molecule has 0 aliphatic rings. The normalized spacial score (nSPS) is 11.1. The summed E-state index contributed by atoms with van der Waals surface area (Å²) in [6, 6.07) is 4.28. The number of aliphatic imine (C=N–C) groups is 1. The number of methoxy groups -OCH3 is 1. The lowest BCUT2D eigenvalue weighted by molar-refractivity contribution is 0.408. The van der Waals surface area contributed by atoms with E-state index in [0.717, 1.165) is 0 Å². The van der Waals surface area contributed by atoms with Gasteiger partial charge in [0.25, 0.3) is 0 Å². The third-order valence-corrected chi connectivity index (χ3v) is 2.09. The van der Waals surface area contributed by atoms with E-state index in [2.05, 4.69) is 16.9 Å². The average Bonchev–Trinajstić information content (AvgIpc) is 2.34. The summed E-state index contributed by atoms with van der Waals surface area (Å²) in [6.07, 6.45) is 1.67. The van der Waals surface area contributed by atoms with E-state index >= 15 is 0 Å². The lowest BCUT2D eigenvalue weighted by Gasteiger charge is -2.07. The number of ether oxygens (including phenoxy) is 1. The molecule has 0 aliphatic carbocycles. The molecular formula is C12H16FN3O. The second-order valence-corrected chi connectivity index (χ2v) is 3.33. The molecule has 0 heterocycles. The van der Waals surface area contributed by atoms with Crippen molar-refractivity contribution in [2.75, 3.05) is 13.7 Å². The number of hydrogen-bond donors (Lipinski definition) is 2. The van der Waals surface area contributed by atoms with E-state index in [1.54, 1.807) is 12.1 Å². The zero-order valence-corrected chi connectivity index (χ0v) is 9.74. The van der Waals surface area contributed by atoms with Crippen LogP contribution in [0, 0.1) is 5.82 Å². The van der Waals surface area contributed by atoms with Gasteiger partial charge in [-0.1, -0.05) is 6.08 Å². The molecule has 0 atom stereocenters. The van der Waals surface area contributed by atoms with Gasteiger partial charge in [0.05, 0.1) is 13.7 Å². The highest BCUT2D eigenvalue weighted by Gasteiger charge is 2.03. The Morgan fingerprint density at radius 1 is 1.65 bits per heavy atom. The van der Waals surface area contributed by atoms with Gasteiger partial charge in [0, 0.05) is 12.1 Å². The van der Waals surface area contributed by atoms with Crippen LogP contribution in [0.3, 0.4) is 0 Å². The van der Waals surface area contributed by atoms with Crippen molar-refractivity contribution < 1.29 is 9.13 Å². The van der Waals surface area contributed by atoms with E-state index in [1.807, 2.05) is 0 Å². The van der Waals surface area contributed by atoms with Gasteiger partial charge in [0.15, 0.2) is 5.96 Å². The summed E-state index contributed by atoms with van der Waals surface area (Å²) in [5, 5.41) is 2.83. The van der Waals surface area contributed by atoms with Crippen molar-refractivity contribution in [3.8, 4) is 5.75 Å². The van der Waals surface area contributed by atoms with Gasteiger partial charge in [-0.25, -0.2) is 9.38 Å². The van der Waals surface area contributed by atoms with Crippen LogP contribution in [0.15, 0.2) is 35.8 Å². The maximum Gasteiger partial charge on any atom is 0.189 e. The highest BCUT2D eigenvalue weighted by atomic mass is 19.1. The number of guanidine groups is 1. The van der Waals surface area contributed by atoms with Crippen molar-refractivity contribution in [3.63, 3.8) is 0 Å². The Kier molecular flexibility index (Phi) is 5.00. The summed E-state index contributed by atoms with van der Waals surface area (Å²) in [5.74, 6) is 0.552. The zero-order chi connectivity index (χ0) is 12.7. The van der Waals surface area contributed by atoms with Gasteiger partial charge < -0.3 is 15.8 Å². The molecule has 3 N–H and O–H groups in total. The number of nitrogens with zero attached hydrogens (tertiary/aromatic N) is 1. The lowest BCUT2D eigenvalue weighted by Crippen LogP contribution is -2.31. The fourth-order valence-corrected chi connectivity index (χ4v) is 1.27. The predicted molar refractivity (Wildman–Crippen MR) is 66.5 cm³/mol. The van der Waals surface area contributed by atoms with Crippen LogP contribution in [0.5, 0.6) is 5.75 Å².